The van der Waals surface area contributed by atoms with Gasteiger partial charge in [0.2, 0.25) is 0 Å². The van der Waals surface area contributed by atoms with Crippen LogP contribution in [-0.4, -0.2) is 25.8 Å². The van der Waals surface area contributed by atoms with E-state index < -0.39 is 5.97 Å². The van der Waals surface area contributed by atoms with E-state index in [4.69, 9.17) is 4.98 Å². The summed E-state index contributed by atoms with van der Waals surface area (Å²) in [5, 5.41) is 14.9. The van der Waals surface area contributed by atoms with Crippen LogP contribution >= 0.6 is 15.9 Å². The fraction of sp³-hybridized carbons (Fsp3) is 0.174. The number of aromatic nitrogens is 3. The number of aryl methyl sites for hydroxylation is 3. The van der Waals surface area contributed by atoms with Crippen molar-refractivity contribution >= 4 is 32.8 Å². The maximum atomic E-state index is 11.9. The van der Waals surface area contributed by atoms with Crippen LogP contribution in [-0.2, 0) is 0 Å². The van der Waals surface area contributed by atoms with E-state index in [9.17, 15) is 9.90 Å². The molecule has 0 saturated heterocycles. The Bertz CT molecular complexity index is 1270. The van der Waals surface area contributed by atoms with Crippen LogP contribution in [0.4, 0.5) is 0 Å². The predicted octanol–water partition coefficient (Wildman–Crippen LogP) is 5.78. The van der Waals surface area contributed by atoms with Gasteiger partial charge in [0.1, 0.15) is 0 Å². The Morgan fingerprint density at radius 2 is 1.72 bits per heavy atom. The summed E-state index contributed by atoms with van der Waals surface area (Å²) in [6, 6.07) is 11.4. The van der Waals surface area contributed by atoms with Gasteiger partial charge in [-0.15, -0.1) is 0 Å². The SMILES string of the molecule is Cc1cc(C)c(-n2ncc(-c3cc(C(=O)O)c4cc(Br)ccc4n3)c2C)c(C)c1. The minimum Gasteiger partial charge on any atom is -0.478 e. The molecule has 0 saturated carbocycles. The second-order valence-corrected chi connectivity index (χ2v) is 8.24. The Kier molecular flexibility index (Phi) is 4.74. The van der Waals surface area contributed by atoms with Crippen LogP contribution in [0, 0.1) is 27.7 Å². The molecule has 2 heterocycles. The van der Waals surface area contributed by atoms with E-state index in [1.165, 1.54) is 5.56 Å². The van der Waals surface area contributed by atoms with Crippen LogP contribution in [0.25, 0.3) is 27.8 Å². The molecule has 5 nitrogen and oxygen atoms in total. The van der Waals surface area contributed by atoms with Crippen molar-refractivity contribution in [2.24, 2.45) is 0 Å². The van der Waals surface area contributed by atoms with Gasteiger partial charge in [-0.25, -0.2) is 14.5 Å². The summed E-state index contributed by atoms with van der Waals surface area (Å²) in [6.07, 6.45) is 1.76. The van der Waals surface area contributed by atoms with E-state index in [0.717, 1.165) is 32.5 Å². The highest BCUT2D eigenvalue weighted by molar-refractivity contribution is 9.10. The van der Waals surface area contributed by atoms with Gasteiger partial charge in [-0.3, -0.25) is 0 Å². The zero-order valence-corrected chi connectivity index (χ0v) is 18.2. The minimum absolute atomic E-state index is 0.223. The van der Waals surface area contributed by atoms with Gasteiger partial charge in [0.05, 0.1) is 34.4 Å². The van der Waals surface area contributed by atoms with Gasteiger partial charge in [-0.2, -0.15) is 5.10 Å². The molecule has 0 aliphatic carbocycles. The highest BCUT2D eigenvalue weighted by Gasteiger charge is 2.18. The van der Waals surface area contributed by atoms with E-state index in [0.29, 0.717) is 16.6 Å². The molecule has 29 heavy (non-hydrogen) atoms. The van der Waals surface area contributed by atoms with Crippen molar-refractivity contribution in [3.05, 3.63) is 75.0 Å². The smallest absolute Gasteiger partial charge is 0.336 e. The van der Waals surface area contributed by atoms with Crippen LogP contribution in [0.15, 0.2) is 47.1 Å². The number of hydrogen-bond donors (Lipinski definition) is 1. The molecule has 0 amide bonds. The summed E-state index contributed by atoms with van der Waals surface area (Å²) in [4.78, 5) is 16.6. The predicted molar refractivity (Wildman–Crippen MR) is 118 cm³/mol. The summed E-state index contributed by atoms with van der Waals surface area (Å²) < 4.78 is 2.73. The Balaban J connectivity index is 1.93. The van der Waals surface area contributed by atoms with E-state index in [2.05, 4.69) is 53.9 Å². The molecule has 4 aromatic rings. The lowest BCUT2D eigenvalue weighted by Crippen LogP contribution is -2.05. The number of carboxylic acid groups (broad SMARTS) is 1. The first kappa shape index (κ1) is 19.3. The molecule has 0 fully saturated rings. The van der Waals surface area contributed by atoms with Crippen molar-refractivity contribution in [3.63, 3.8) is 0 Å². The topological polar surface area (TPSA) is 68.0 Å². The number of pyridine rings is 1. The normalized spacial score (nSPS) is 11.2. The van der Waals surface area contributed by atoms with Crippen molar-refractivity contribution in [3.8, 4) is 16.9 Å². The van der Waals surface area contributed by atoms with Gasteiger partial charge in [0.25, 0.3) is 0 Å². The third-order valence-corrected chi connectivity index (χ3v) is 5.63. The monoisotopic (exact) mass is 449 g/mol. The van der Waals surface area contributed by atoms with Crippen molar-refractivity contribution < 1.29 is 9.90 Å². The maximum absolute atomic E-state index is 11.9. The van der Waals surface area contributed by atoms with Crippen molar-refractivity contribution in [2.75, 3.05) is 0 Å². The quantitative estimate of drug-likeness (QED) is 0.430. The Hall–Kier alpha value is -2.99. The van der Waals surface area contributed by atoms with Crippen molar-refractivity contribution in [1.82, 2.24) is 14.8 Å². The molecule has 0 bridgehead atoms. The number of hydrogen-bond acceptors (Lipinski definition) is 3. The molecule has 2 aromatic carbocycles. The van der Waals surface area contributed by atoms with E-state index in [-0.39, 0.29) is 5.56 Å². The van der Waals surface area contributed by atoms with Crippen LogP contribution in [0.3, 0.4) is 0 Å². The highest BCUT2D eigenvalue weighted by Crippen LogP contribution is 2.31. The van der Waals surface area contributed by atoms with Crippen LogP contribution < -0.4 is 0 Å². The largest absolute Gasteiger partial charge is 0.478 e. The lowest BCUT2D eigenvalue weighted by Gasteiger charge is -2.13. The summed E-state index contributed by atoms with van der Waals surface area (Å²) in [5.41, 5.74) is 7.73. The number of aromatic carboxylic acids is 1. The zero-order valence-electron chi connectivity index (χ0n) is 16.6. The molecule has 2 aromatic heterocycles. The first-order valence-corrected chi connectivity index (χ1v) is 10.0. The third kappa shape index (κ3) is 3.34. The number of fused-ring (bicyclic) bond motifs is 1. The Labute approximate surface area is 177 Å². The average Bonchev–Trinajstić information content (AvgIpc) is 3.01. The number of nitrogens with zero attached hydrogens (tertiary/aromatic N) is 3. The second-order valence-electron chi connectivity index (χ2n) is 7.32. The van der Waals surface area contributed by atoms with Gasteiger partial charge in [-0.1, -0.05) is 33.6 Å². The number of halogens is 1. The first-order valence-electron chi connectivity index (χ1n) is 9.23. The molecule has 0 aliphatic rings. The standard InChI is InChI=1S/C23H20BrN3O2/c1-12-7-13(2)22(14(3)8-12)27-15(4)19(11-25-27)21-10-18(23(28)29)17-9-16(24)5-6-20(17)26-21/h5-11H,1-4H3,(H,28,29). The summed E-state index contributed by atoms with van der Waals surface area (Å²) in [5.74, 6) is -0.980. The second kappa shape index (κ2) is 7.12. The van der Waals surface area contributed by atoms with Gasteiger partial charge in [-0.05, 0) is 63.1 Å². The average molecular weight is 450 g/mol. The molecule has 0 spiro atoms. The molecule has 0 unspecified atom stereocenters. The van der Waals surface area contributed by atoms with E-state index in [1.807, 2.05) is 23.7 Å². The van der Waals surface area contributed by atoms with Crippen LogP contribution in [0.2, 0.25) is 0 Å². The summed E-state index contributed by atoms with van der Waals surface area (Å²) >= 11 is 3.40. The highest BCUT2D eigenvalue weighted by atomic mass is 79.9. The third-order valence-electron chi connectivity index (χ3n) is 5.13. The van der Waals surface area contributed by atoms with Gasteiger partial charge >= 0.3 is 5.97 Å². The lowest BCUT2D eigenvalue weighted by molar-refractivity contribution is 0.0699. The van der Waals surface area contributed by atoms with Crippen molar-refractivity contribution in [2.45, 2.75) is 27.7 Å². The Morgan fingerprint density at radius 3 is 2.38 bits per heavy atom. The molecule has 146 valence electrons. The fourth-order valence-corrected chi connectivity index (χ4v) is 4.27. The number of benzene rings is 2. The van der Waals surface area contributed by atoms with E-state index >= 15 is 0 Å². The summed E-state index contributed by atoms with van der Waals surface area (Å²) in [6.45, 7) is 8.21. The first-order chi connectivity index (χ1) is 13.8. The molecule has 0 aliphatic heterocycles. The van der Waals surface area contributed by atoms with E-state index in [1.54, 1.807) is 18.3 Å². The van der Waals surface area contributed by atoms with Crippen LogP contribution in [0.1, 0.15) is 32.7 Å². The maximum Gasteiger partial charge on any atom is 0.336 e. The van der Waals surface area contributed by atoms with Crippen LogP contribution in [0.5, 0.6) is 0 Å². The number of rotatable bonds is 3. The molecule has 4 rings (SSSR count). The molecule has 0 atom stereocenters. The van der Waals surface area contributed by atoms with Crippen molar-refractivity contribution in [1.29, 1.82) is 0 Å². The molecule has 1 N–H and O–H groups in total. The zero-order chi connectivity index (χ0) is 20.9. The minimum atomic E-state index is -0.980. The number of carbonyl (C=O) groups is 1. The Morgan fingerprint density at radius 1 is 1.03 bits per heavy atom. The molecule has 0 radical (unpaired) electrons. The summed E-state index contributed by atoms with van der Waals surface area (Å²) in [7, 11) is 0. The lowest BCUT2D eigenvalue weighted by atomic mass is 10.0. The molecule has 6 heteroatoms. The van der Waals surface area contributed by atoms with Gasteiger partial charge in [0, 0.05) is 15.4 Å². The van der Waals surface area contributed by atoms with Gasteiger partial charge < -0.3 is 5.11 Å². The fourth-order valence-electron chi connectivity index (χ4n) is 3.91. The molecular formula is C23H20BrN3O2. The molecular weight excluding hydrogens is 430 g/mol. The number of carboxylic acids is 1. The van der Waals surface area contributed by atoms with Gasteiger partial charge in [0.15, 0.2) is 0 Å².